The molecule has 0 nitrogen and oxygen atoms in total. The van der Waals surface area contributed by atoms with Gasteiger partial charge in [-0.25, -0.2) is 0 Å². The Morgan fingerprint density at radius 2 is 0.833 bits per heavy atom. The lowest BCUT2D eigenvalue weighted by molar-refractivity contribution is 0.641. The van der Waals surface area contributed by atoms with E-state index in [-0.39, 0.29) is 0 Å². The Labute approximate surface area is 156 Å². The average molecular weight is 359 g/mol. The van der Waals surface area contributed by atoms with E-state index >= 15 is 0 Å². The van der Waals surface area contributed by atoms with E-state index in [1.165, 1.54) is 46.6 Å². The van der Waals surface area contributed by atoms with Gasteiger partial charge >= 0.3 is 0 Å². The van der Waals surface area contributed by atoms with Gasteiger partial charge in [-0.2, -0.15) is 0 Å². The van der Waals surface area contributed by atoms with Crippen LogP contribution in [-0.4, -0.2) is 0 Å². The molecule has 0 bridgehead atoms. The Bertz CT molecular complexity index is 523. The van der Waals surface area contributed by atoms with Crippen molar-refractivity contribution < 1.29 is 0 Å². The maximum atomic E-state index is 2.30. The van der Waals surface area contributed by atoms with Gasteiger partial charge in [0, 0.05) is 9.79 Å². The van der Waals surface area contributed by atoms with Gasteiger partial charge in [0.05, 0.1) is 0 Å². The summed E-state index contributed by atoms with van der Waals surface area (Å²) >= 11 is 0. The topological polar surface area (TPSA) is 0 Å². The highest BCUT2D eigenvalue weighted by atomic mass is 33.1. The second-order valence-corrected chi connectivity index (χ2v) is 8.61. The maximum Gasteiger partial charge on any atom is 0.0186 e. The van der Waals surface area contributed by atoms with E-state index in [1.54, 1.807) is 0 Å². The van der Waals surface area contributed by atoms with Crippen LogP contribution in [-0.2, 0) is 0 Å². The minimum Gasteiger partial charge on any atom is -0.0648 e. The van der Waals surface area contributed by atoms with Gasteiger partial charge in [0.25, 0.3) is 0 Å². The monoisotopic (exact) mass is 358 g/mol. The van der Waals surface area contributed by atoms with Crippen LogP contribution in [0.2, 0.25) is 0 Å². The summed E-state index contributed by atoms with van der Waals surface area (Å²) in [6, 6.07) is 18.3. The molecule has 0 saturated carbocycles. The SMILES string of the molecule is CCC(CC)c1ccc(SSc2ccc(C(CC)CC)cc2)cc1. The lowest BCUT2D eigenvalue weighted by Gasteiger charge is -2.13. The van der Waals surface area contributed by atoms with Crippen molar-refractivity contribution >= 4 is 21.6 Å². The van der Waals surface area contributed by atoms with Crippen LogP contribution in [0.1, 0.15) is 76.3 Å². The molecule has 24 heavy (non-hydrogen) atoms. The summed E-state index contributed by atoms with van der Waals surface area (Å²) in [5, 5.41) is 0. The average Bonchev–Trinajstić information content (AvgIpc) is 2.64. The van der Waals surface area contributed by atoms with Gasteiger partial charge in [-0.05, 0) is 72.9 Å². The molecule has 0 fully saturated rings. The molecule has 0 radical (unpaired) electrons. The van der Waals surface area contributed by atoms with E-state index in [4.69, 9.17) is 0 Å². The Balaban J connectivity index is 1.93. The smallest absolute Gasteiger partial charge is 0.0186 e. The van der Waals surface area contributed by atoms with Crippen molar-refractivity contribution in [3.8, 4) is 0 Å². The number of hydrogen-bond donors (Lipinski definition) is 0. The molecule has 0 unspecified atom stereocenters. The fourth-order valence-electron chi connectivity index (χ4n) is 3.21. The summed E-state index contributed by atoms with van der Waals surface area (Å²) in [5.74, 6) is 1.41. The maximum absolute atomic E-state index is 2.30. The first-order valence-electron chi connectivity index (χ1n) is 9.26. The Hall–Kier alpha value is -0.860. The second-order valence-electron chi connectivity index (χ2n) is 6.33. The lowest BCUT2D eigenvalue weighted by Crippen LogP contribution is -1.94. The van der Waals surface area contributed by atoms with E-state index in [0.717, 1.165) is 0 Å². The van der Waals surface area contributed by atoms with Crippen molar-refractivity contribution in [1.82, 2.24) is 0 Å². The predicted octanol–water partition coefficient (Wildman–Crippen LogP) is 8.29. The van der Waals surface area contributed by atoms with Crippen LogP contribution >= 0.6 is 21.6 Å². The minimum absolute atomic E-state index is 0.703. The van der Waals surface area contributed by atoms with E-state index in [2.05, 4.69) is 76.2 Å². The molecular weight excluding hydrogens is 328 g/mol. The first-order chi connectivity index (χ1) is 11.7. The molecule has 0 saturated heterocycles. The van der Waals surface area contributed by atoms with Gasteiger partial charge in [0.1, 0.15) is 0 Å². The molecule has 0 amide bonds. The van der Waals surface area contributed by atoms with Crippen LogP contribution < -0.4 is 0 Å². The third-order valence-corrected chi connectivity index (χ3v) is 7.33. The summed E-state index contributed by atoms with van der Waals surface area (Å²) < 4.78 is 0. The molecule has 2 heteroatoms. The zero-order chi connectivity index (χ0) is 17.4. The van der Waals surface area contributed by atoms with Crippen molar-refractivity contribution in [3.63, 3.8) is 0 Å². The molecule has 0 aliphatic heterocycles. The molecule has 2 aromatic rings. The number of rotatable bonds is 9. The fraction of sp³-hybridized carbons (Fsp3) is 0.455. The Morgan fingerprint density at radius 3 is 1.08 bits per heavy atom. The third kappa shape index (κ3) is 5.32. The molecule has 0 aliphatic rings. The highest BCUT2D eigenvalue weighted by Crippen LogP contribution is 2.38. The first kappa shape index (κ1) is 19.5. The number of benzene rings is 2. The summed E-state index contributed by atoms with van der Waals surface area (Å²) in [6.07, 6.45) is 4.89. The van der Waals surface area contributed by atoms with E-state index in [0.29, 0.717) is 11.8 Å². The lowest BCUT2D eigenvalue weighted by atomic mass is 9.94. The van der Waals surface area contributed by atoms with Crippen molar-refractivity contribution in [2.75, 3.05) is 0 Å². The van der Waals surface area contributed by atoms with Crippen LogP contribution in [0.5, 0.6) is 0 Å². The molecule has 0 spiro atoms. The van der Waals surface area contributed by atoms with E-state index in [9.17, 15) is 0 Å². The van der Waals surface area contributed by atoms with Crippen molar-refractivity contribution in [3.05, 3.63) is 59.7 Å². The van der Waals surface area contributed by atoms with E-state index < -0.39 is 0 Å². The zero-order valence-electron chi connectivity index (χ0n) is 15.4. The highest BCUT2D eigenvalue weighted by Gasteiger charge is 2.08. The van der Waals surface area contributed by atoms with Crippen LogP contribution in [0.15, 0.2) is 58.3 Å². The van der Waals surface area contributed by atoms with Crippen LogP contribution in [0.3, 0.4) is 0 Å². The van der Waals surface area contributed by atoms with Crippen LogP contribution in [0, 0.1) is 0 Å². The zero-order valence-corrected chi connectivity index (χ0v) is 17.1. The molecule has 2 aromatic carbocycles. The number of hydrogen-bond acceptors (Lipinski definition) is 2. The largest absolute Gasteiger partial charge is 0.0648 e. The molecule has 0 aromatic heterocycles. The normalized spacial score (nSPS) is 11.4. The molecule has 0 heterocycles. The van der Waals surface area contributed by atoms with Crippen molar-refractivity contribution in [2.45, 2.75) is 75.0 Å². The molecule has 2 rings (SSSR count). The Kier molecular flexibility index (Phi) is 8.28. The molecule has 130 valence electrons. The molecule has 0 aliphatic carbocycles. The van der Waals surface area contributed by atoms with Gasteiger partial charge in [0.15, 0.2) is 0 Å². The first-order valence-corrected chi connectivity index (χ1v) is 11.4. The van der Waals surface area contributed by atoms with Crippen molar-refractivity contribution in [2.24, 2.45) is 0 Å². The van der Waals surface area contributed by atoms with Gasteiger partial charge in [-0.15, -0.1) is 0 Å². The van der Waals surface area contributed by atoms with Gasteiger partial charge in [-0.3, -0.25) is 0 Å². The molecular formula is C22H30S2. The summed E-state index contributed by atoms with van der Waals surface area (Å²) in [4.78, 5) is 2.66. The predicted molar refractivity (Wildman–Crippen MR) is 111 cm³/mol. The third-order valence-electron chi connectivity index (χ3n) is 4.91. The standard InChI is InChI=1S/C22H30S2/c1-5-17(6-2)19-9-13-21(14-10-19)23-24-22-15-11-20(12-16-22)18(7-3)8-4/h9-18H,5-8H2,1-4H3. The summed E-state index contributed by atoms with van der Waals surface area (Å²) in [7, 11) is 3.70. The fourth-order valence-corrected chi connectivity index (χ4v) is 5.14. The van der Waals surface area contributed by atoms with Crippen LogP contribution in [0.25, 0.3) is 0 Å². The quantitative estimate of drug-likeness (QED) is 0.413. The van der Waals surface area contributed by atoms with Gasteiger partial charge in [0.2, 0.25) is 0 Å². The van der Waals surface area contributed by atoms with Gasteiger partial charge in [-0.1, -0.05) is 73.5 Å². The minimum atomic E-state index is 0.703. The second kappa shape index (κ2) is 10.2. The van der Waals surface area contributed by atoms with E-state index in [1.807, 2.05) is 21.6 Å². The highest BCUT2D eigenvalue weighted by molar-refractivity contribution is 8.76. The van der Waals surface area contributed by atoms with Crippen molar-refractivity contribution in [1.29, 1.82) is 0 Å². The van der Waals surface area contributed by atoms with Crippen LogP contribution in [0.4, 0.5) is 0 Å². The Morgan fingerprint density at radius 1 is 0.542 bits per heavy atom. The molecule has 0 atom stereocenters. The van der Waals surface area contributed by atoms with Gasteiger partial charge < -0.3 is 0 Å². The molecule has 0 N–H and O–H groups in total. The summed E-state index contributed by atoms with van der Waals surface area (Å²) in [6.45, 7) is 9.10. The summed E-state index contributed by atoms with van der Waals surface area (Å²) in [5.41, 5.74) is 2.95.